The number of aromatic nitrogens is 1. The third kappa shape index (κ3) is 2.93. The number of carbonyl (C=O) groups is 1. The first-order valence-corrected chi connectivity index (χ1v) is 7.52. The molecule has 1 saturated heterocycles. The average Bonchev–Trinajstić information content (AvgIpc) is 2.48. The fourth-order valence-electron chi connectivity index (χ4n) is 2.90. The van der Waals surface area contributed by atoms with E-state index >= 15 is 0 Å². The second-order valence-corrected chi connectivity index (χ2v) is 5.89. The van der Waals surface area contributed by atoms with Gasteiger partial charge in [0, 0.05) is 37.3 Å². The summed E-state index contributed by atoms with van der Waals surface area (Å²) in [5.74, 6) is 0. The van der Waals surface area contributed by atoms with Gasteiger partial charge >= 0.3 is 0 Å². The van der Waals surface area contributed by atoms with E-state index in [4.69, 9.17) is 11.6 Å². The molecular weight excluding hydrogens is 286 g/mol. The van der Waals surface area contributed by atoms with Crippen molar-refractivity contribution in [1.29, 1.82) is 0 Å². The Balaban J connectivity index is 1.85. The molecule has 1 unspecified atom stereocenters. The molecule has 1 aliphatic heterocycles. The lowest BCUT2D eigenvalue weighted by Crippen LogP contribution is -2.56. The summed E-state index contributed by atoms with van der Waals surface area (Å²) in [5, 5.41) is 5.01. The van der Waals surface area contributed by atoms with Crippen LogP contribution < -0.4 is 5.32 Å². The second-order valence-electron chi connectivity index (χ2n) is 5.48. The van der Waals surface area contributed by atoms with E-state index in [2.05, 4.69) is 27.3 Å². The van der Waals surface area contributed by atoms with E-state index in [-0.39, 0.29) is 12.1 Å². The first kappa shape index (κ1) is 14.4. The van der Waals surface area contributed by atoms with Crippen molar-refractivity contribution in [3.8, 4) is 0 Å². The number of pyridine rings is 1. The Kier molecular flexibility index (Phi) is 4.19. The predicted octanol–water partition coefficient (Wildman–Crippen LogP) is 2.25. The first-order chi connectivity index (χ1) is 10.2. The lowest BCUT2D eigenvalue weighted by molar-refractivity contribution is -0.114. The number of piperazine rings is 1. The van der Waals surface area contributed by atoms with E-state index in [1.54, 1.807) is 12.3 Å². The van der Waals surface area contributed by atoms with E-state index in [9.17, 15) is 4.79 Å². The second kappa shape index (κ2) is 6.10. The highest BCUT2D eigenvalue weighted by Gasteiger charge is 2.27. The highest BCUT2D eigenvalue weighted by molar-refractivity contribution is 6.35. The fraction of sp³-hybridized carbons (Fsp3) is 0.375. The molecule has 0 saturated carbocycles. The number of nitrogens with zero attached hydrogens (tertiary/aromatic N) is 2. The van der Waals surface area contributed by atoms with Gasteiger partial charge in [-0.15, -0.1) is 0 Å². The molecule has 1 N–H and O–H groups in total. The van der Waals surface area contributed by atoms with Gasteiger partial charge in [0.2, 0.25) is 0 Å². The zero-order chi connectivity index (χ0) is 14.8. The van der Waals surface area contributed by atoms with Crippen molar-refractivity contribution in [3.05, 3.63) is 41.0 Å². The number of carbonyl (C=O) groups excluding carboxylic acids is 1. The Labute approximate surface area is 129 Å². The van der Waals surface area contributed by atoms with Crippen molar-refractivity contribution in [3.63, 3.8) is 0 Å². The standard InChI is InChI=1S/C16H18ClN3O/c1-11-16(10-21)20(7-6-18-11)9-12-2-3-13-14(17)4-5-19-15(13)8-12/h2-5,8,10-11,16,18H,6-7,9H2,1H3/t11-,16?/m0/s1. The third-order valence-electron chi connectivity index (χ3n) is 4.08. The van der Waals surface area contributed by atoms with Crippen LogP contribution in [0.2, 0.25) is 5.02 Å². The van der Waals surface area contributed by atoms with Crippen molar-refractivity contribution in [2.24, 2.45) is 0 Å². The number of rotatable bonds is 3. The number of nitrogens with one attached hydrogen (secondary N) is 1. The maximum absolute atomic E-state index is 11.3. The molecule has 1 fully saturated rings. The smallest absolute Gasteiger partial charge is 0.138 e. The molecule has 2 heterocycles. The Bertz CT molecular complexity index is 661. The number of benzene rings is 1. The normalized spacial score (nSPS) is 23.3. The van der Waals surface area contributed by atoms with Crippen LogP contribution in [-0.2, 0) is 11.3 Å². The van der Waals surface area contributed by atoms with Gasteiger partial charge in [-0.25, -0.2) is 0 Å². The van der Waals surface area contributed by atoms with Crippen molar-refractivity contribution >= 4 is 28.8 Å². The average molecular weight is 304 g/mol. The van der Waals surface area contributed by atoms with E-state index in [0.717, 1.165) is 42.4 Å². The van der Waals surface area contributed by atoms with Crippen LogP contribution in [0.3, 0.4) is 0 Å². The van der Waals surface area contributed by atoms with E-state index in [1.165, 1.54) is 0 Å². The molecule has 0 aliphatic carbocycles. The lowest BCUT2D eigenvalue weighted by Gasteiger charge is -2.37. The molecule has 1 aromatic carbocycles. The molecule has 21 heavy (non-hydrogen) atoms. The summed E-state index contributed by atoms with van der Waals surface area (Å²) in [5.41, 5.74) is 2.05. The van der Waals surface area contributed by atoms with Gasteiger partial charge in [0.05, 0.1) is 16.6 Å². The minimum absolute atomic E-state index is 0.0817. The summed E-state index contributed by atoms with van der Waals surface area (Å²) in [4.78, 5) is 17.9. The monoisotopic (exact) mass is 303 g/mol. The van der Waals surface area contributed by atoms with Crippen molar-refractivity contribution in [2.75, 3.05) is 13.1 Å². The Hall–Kier alpha value is -1.49. The van der Waals surface area contributed by atoms with E-state index < -0.39 is 0 Å². The summed E-state index contributed by atoms with van der Waals surface area (Å²) in [6.07, 6.45) is 2.75. The summed E-state index contributed by atoms with van der Waals surface area (Å²) in [7, 11) is 0. The molecule has 2 atom stereocenters. The Morgan fingerprint density at radius 3 is 3.14 bits per heavy atom. The SMILES string of the molecule is C[C@@H]1NCCN(Cc2ccc3c(Cl)ccnc3c2)C1C=O. The van der Waals surface area contributed by atoms with Gasteiger partial charge in [0.1, 0.15) is 6.29 Å². The zero-order valence-corrected chi connectivity index (χ0v) is 12.7. The lowest BCUT2D eigenvalue weighted by atomic mass is 10.0. The van der Waals surface area contributed by atoms with Crippen LogP contribution in [0.1, 0.15) is 12.5 Å². The van der Waals surface area contributed by atoms with Crippen molar-refractivity contribution in [2.45, 2.75) is 25.6 Å². The summed E-state index contributed by atoms with van der Waals surface area (Å²) in [6.45, 7) is 4.57. The minimum atomic E-state index is -0.0817. The van der Waals surface area contributed by atoms with Crippen LogP contribution in [0, 0.1) is 0 Å². The maximum atomic E-state index is 11.3. The highest BCUT2D eigenvalue weighted by Crippen LogP contribution is 2.23. The largest absolute Gasteiger partial charge is 0.311 e. The first-order valence-electron chi connectivity index (χ1n) is 7.15. The van der Waals surface area contributed by atoms with Gasteiger partial charge in [0.25, 0.3) is 0 Å². The Morgan fingerprint density at radius 1 is 1.48 bits per heavy atom. The van der Waals surface area contributed by atoms with Gasteiger partial charge in [-0.1, -0.05) is 23.7 Å². The van der Waals surface area contributed by atoms with E-state index in [1.807, 2.05) is 13.0 Å². The summed E-state index contributed by atoms with van der Waals surface area (Å²) < 4.78 is 0. The van der Waals surface area contributed by atoms with Crippen LogP contribution in [0.4, 0.5) is 0 Å². The van der Waals surface area contributed by atoms with Crippen molar-refractivity contribution < 1.29 is 4.79 Å². The van der Waals surface area contributed by atoms with Gasteiger partial charge in [0.15, 0.2) is 0 Å². The number of aldehydes is 1. The fourth-order valence-corrected chi connectivity index (χ4v) is 3.12. The van der Waals surface area contributed by atoms with Crippen LogP contribution in [-0.4, -0.2) is 41.3 Å². The number of hydrogen-bond acceptors (Lipinski definition) is 4. The molecule has 2 aromatic rings. The van der Waals surface area contributed by atoms with E-state index in [0.29, 0.717) is 5.02 Å². The number of hydrogen-bond donors (Lipinski definition) is 1. The minimum Gasteiger partial charge on any atom is -0.311 e. The van der Waals surface area contributed by atoms with Gasteiger partial charge in [-0.3, -0.25) is 9.88 Å². The van der Waals surface area contributed by atoms with Gasteiger partial charge in [-0.05, 0) is 24.6 Å². The third-order valence-corrected chi connectivity index (χ3v) is 4.41. The maximum Gasteiger partial charge on any atom is 0.138 e. The van der Waals surface area contributed by atoms with Gasteiger partial charge in [-0.2, -0.15) is 0 Å². The van der Waals surface area contributed by atoms with Crippen LogP contribution in [0.15, 0.2) is 30.5 Å². The summed E-state index contributed by atoms with van der Waals surface area (Å²) in [6, 6.07) is 8.01. The molecule has 0 spiro atoms. The zero-order valence-electron chi connectivity index (χ0n) is 11.9. The number of halogens is 1. The molecule has 0 bridgehead atoms. The topological polar surface area (TPSA) is 45.2 Å². The summed E-state index contributed by atoms with van der Waals surface area (Å²) >= 11 is 6.16. The molecule has 1 aromatic heterocycles. The van der Waals surface area contributed by atoms with Crippen LogP contribution in [0.5, 0.6) is 0 Å². The molecule has 5 heteroatoms. The molecule has 110 valence electrons. The Morgan fingerprint density at radius 2 is 2.33 bits per heavy atom. The van der Waals surface area contributed by atoms with Gasteiger partial charge < -0.3 is 10.1 Å². The molecule has 4 nitrogen and oxygen atoms in total. The van der Waals surface area contributed by atoms with Crippen LogP contribution >= 0.6 is 11.6 Å². The predicted molar refractivity (Wildman–Crippen MR) is 84.5 cm³/mol. The van der Waals surface area contributed by atoms with Crippen molar-refractivity contribution in [1.82, 2.24) is 15.2 Å². The van der Waals surface area contributed by atoms with Crippen LogP contribution in [0.25, 0.3) is 10.9 Å². The molecule has 0 amide bonds. The number of fused-ring (bicyclic) bond motifs is 1. The molecular formula is C16H18ClN3O. The molecule has 3 rings (SSSR count). The molecule has 0 radical (unpaired) electrons. The quantitative estimate of drug-likeness (QED) is 0.884. The molecule has 1 aliphatic rings. The highest BCUT2D eigenvalue weighted by atomic mass is 35.5.